The van der Waals surface area contributed by atoms with Crippen LogP contribution in [0, 0.1) is 23.2 Å². The number of piperidine rings is 1. The van der Waals surface area contributed by atoms with Crippen LogP contribution in [-0.4, -0.2) is 25.3 Å². The van der Waals surface area contributed by atoms with Crippen LogP contribution in [0.1, 0.15) is 24.0 Å². The van der Waals surface area contributed by atoms with Gasteiger partial charge in [-0.15, -0.1) is 0 Å². The Bertz CT molecular complexity index is 802. The first-order valence-corrected chi connectivity index (χ1v) is 9.40. The number of nitrogens with one attached hydrogen (secondary N) is 2. The lowest BCUT2D eigenvalue weighted by atomic mass is 9.80. The molecule has 2 heterocycles. The molecule has 4 heteroatoms. The van der Waals surface area contributed by atoms with Gasteiger partial charge >= 0.3 is 0 Å². The van der Waals surface area contributed by atoms with Crippen LogP contribution in [0.25, 0.3) is 5.57 Å². The molecule has 0 radical (unpaired) electrons. The molecule has 2 aliphatic heterocycles. The van der Waals surface area contributed by atoms with Crippen molar-refractivity contribution in [3.8, 4) is 6.07 Å². The van der Waals surface area contributed by atoms with Crippen LogP contribution < -0.4 is 10.6 Å². The van der Waals surface area contributed by atoms with E-state index < -0.39 is 0 Å². The highest BCUT2D eigenvalue weighted by Gasteiger charge is 2.28. The Morgan fingerprint density at radius 3 is 2.77 bits per heavy atom. The Balaban J connectivity index is 1.60. The molecule has 4 nitrogen and oxygen atoms in total. The number of rotatable bonds is 4. The quantitative estimate of drug-likeness (QED) is 0.882. The van der Waals surface area contributed by atoms with Gasteiger partial charge in [-0.3, -0.25) is 4.99 Å². The van der Waals surface area contributed by atoms with E-state index in [1.165, 1.54) is 16.8 Å². The summed E-state index contributed by atoms with van der Waals surface area (Å²) in [5.41, 5.74) is 4.78. The van der Waals surface area contributed by atoms with E-state index in [2.05, 4.69) is 70.4 Å². The summed E-state index contributed by atoms with van der Waals surface area (Å²) in [5.74, 6) is 0.645. The third kappa shape index (κ3) is 3.63. The molecule has 1 aromatic carbocycles. The van der Waals surface area contributed by atoms with Crippen LogP contribution >= 0.6 is 0 Å². The Morgan fingerprint density at radius 1 is 1.19 bits per heavy atom. The Labute approximate surface area is 155 Å². The van der Waals surface area contributed by atoms with Crippen molar-refractivity contribution in [2.24, 2.45) is 16.8 Å². The van der Waals surface area contributed by atoms with Crippen LogP contribution in [0.15, 0.2) is 59.4 Å². The normalized spacial score (nSPS) is 25.0. The summed E-state index contributed by atoms with van der Waals surface area (Å²) >= 11 is 0. The number of hydrogen-bond acceptors (Lipinski definition) is 4. The van der Waals surface area contributed by atoms with Crippen LogP contribution in [0.4, 0.5) is 0 Å². The van der Waals surface area contributed by atoms with Gasteiger partial charge in [-0.2, -0.15) is 5.26 Å². The van der Waals surface area contributed by atoms with Gasteiger partial charge in [0.25, 0.3) is 0 Å². The number of hydrogen-bond donors (Lipinski definition) is 2. The molecule has 4 rings (SSSR count). The van der Waals surface area contributed by atoms with Gasteiger partial charge in [0.1, 0.15) is 0 Å². The van der Waals surface area contributed by atoms with Crippen molar-refractivity contribution in [2.75, 3.05) is 13.1 Å². The highest BCUT2D eigenvalue weighted by Crippen LogP contribution is 2.34. The molecule has 2 N–H and O–H groups in total. The summed E-state index contributed by atoms with van der Waals surface area (Å²) in [6.45, 7) is 2.16. The van der Waals surface area contributed by atoms with Crippen molar-refractivity contribution in [1.82, 2.24) is 10.6 Å². The molecule has 1 saturated heterocycles. The topological polar surface area (TPSA) is 60.2 Å². The number of aliphatic imine (C=N–C) groups is 1. The molecule has 0 bridgehead atoms. The molecule has 0 saturated carbocycles. The van der Waals surface area contributed by atoms with Crippen molar-refractivity contribution < 1.29 is 0 Å². The predicted molar refractivity (Wildman–Crippen MR) is 105 cm³/mol. The molecule has 2 atom stereocenters. The zero-order valence-electron chi connectivity index (χ0n) is 14.9. The Hall–Kier alpha value is -2.64. The smallest absolute Gasteiger partial charge is 0.0669 e. The van der Waals surface area contributed by atoms with Crippen LogP contribution in [0.2, 0.25) is 0 Å². The zero-order chi connectivity index (χ0) is 17.8. The van der Waals surface area contributed by atoms with E-state index in [1.807, 2.05) is 6.20 Å². The summed E-state index contributed by atoms with van der Waals surface area (Å²) in [5, 5.41) is 16.1. The molecule has 132 valence electrons. The molecule has 0 aromatic heterocycles. The maximum absolute atomic E-state index is 8.85. The largest absolute Gasteiger partial charge is 0.385 e. The lowest BCUT2D eigenvalue weighted by Gasteiger charge is -2.33. The molecule has 0 amide bonds. The van der Waals surface area contributed by atoms with E-state index in [-0.39, 0.29) is 0 Å². The molecule has 1 aromatic rings. The Morgan fingerprint density at radius 2 is 2.00 bits per heavy atom. The fourth-order valence-corrected chi connectivity index (χ4v) is 3.90. The molecule has 1 fully saturated rings. The molecule has 2 unspecified atom stereocenters. The van der Waals surface area contributed by atoms with Gasteiger partial charge in [0.2, 0.25) is 0 Å². The average molecular weight is 344 g/mol. The van der Waals surface area contributed by atoms with E-state index in [0.29, 0.717) is 24.3 Å². The monoisotopic (exact) mass is 344 g/mol. The number of nitriles is 1. The second-order valence-corrected chi connectivity index (χ2v) is 7.16. The highest BCUT2D eigenvalue weighted by molar-refractivity contribution is 5.81. The first-order valence-electron chi connectivity index (χ1n) is 9.40. The predicted octanol–water partition coefficient (Wildman–Crippen LogP) is 3.21. The summed E-state index contributed by atoms with van der Waals surface area (Å²) < 4.78 is 0. The maximum atomic E-state index is 8.85. The lowest BCUT2D eigenvalue weighted by molar-refractivity contribution is 0.398. The van der Waals surface area contributed by atoms with Crippen LogP contribution in [-0.2, 0) is 6.42 Å². The van der Waals surface area contributed by atoms with Gasteiger partial charge in [-0.05, 0) is 48.7 Å². The molecule has 26 heavy (non-hydrogen) atoms. The first kappa shape index (κ1) is 16.8. The minimum absolute atomic E-state index is 0.302. The van der Waals surface area contributed by atoms with Gasteiger partial charge < -0.3 is 10.6 Å². The summed E-state index contributed by atoms with van der Waals surface area (Å²) in [6, 6.07) is 11.1. The Kier molecular flexibility index (Phi) is 4.99. The molecule has 0 spiro atoms. The second kappa shape index (κ2) is 7.72. The van der Waals surface area contributed by atoms with Crippen molar-refractivity contribution in [3.05, 3.63) is 65.5 Å². The third-order valence-electron chi connectivity index (χ3n) is 5.38. The van der Waals surface area contributed by atoms with Crippen molar-refractivity contribution >= 4 is 11.8 Å². The number of nitrogens with zero attached hydrogens (tertiary/aromatic N) is 2. The van der Waals surface area contributed by atoms with Crippen molar-refractivity contribution in [3.63, 3.8) is 0 Å². The van der Waals surface area contributed by atoms with E-state index in [4.69, 9.17) is 5.26 Å². The zero-order valence-corrected chi connectivity index (χ0v) is 14.9. The third-order valence-corrected chi connectivity index (χ3v) is 5.38. The van der Waals surface area contributed by atoms with Crippen molar-refractivity contribution in [1.29, 1.82) is 5.26 Å². The fourth-order valence-electron chi connectivity index (χ4n) is 3.90. The number of allylic oxidation sites excluding steroid dienone is 5. The van der Waals surface area contributed by atoms with Crippen molar-refractivity contribution in [2.45, 2.75) is 25.3 Å². The van der Waals surface area contributed by atoms with E-state index in [1.54, 1.807) is 0 Å². The van der Waals surface area contributed by atoms with Gasteiger partial charge in [0, 0.05) is 36.0 Å². The average Bonchev–Trinajstić information content (AvgIpc) is 2.69. The standard InChI is InChI=1S/C22H24N4/c23-9-5-16-1-3-17(4-2-16)19-13-18-6-10-25-15-21(18)22(14-19)26-20-7-11-24-12-8-20/h1-4,6,10,13-15,18,20-21,24,26H,5,7-8,11-12H2. The van der Waals surface area contributed by atoms with Crippen LogP contribution in [0.5, 0.6) is 0 Å². The maximum Gasteiger partial charge on any atom is 0.0669 e. The van der Waals surface area contributed by atoms with Gasteiger partial charge in [0.15, 0.2) is 0 Å². The molecular weight excluding hydrogens is 320 g/mol. The second-order valence-electron chi connectivity index (χ2n) is 7.16. The fraction of sp³-hybridized carbons (Fsp3) is 0.364. The minimum Gasteiger partial charge on any atom is -0.385 e. The molecular formula is C22H24N4. The molecule has 1 aliphatic carbocycles. The van der Waals surface area contributed by atoms with E-state index in [0.717, 1.165) is 31.5 Å². The van der Waals surface area contributed by atoms with Crippen LogP contribution in [0.3, 0.4) is 0 Å². The summed E-state index contributed by atoms with van der Waals surface area (Å²) in [4.78, 5) is 4.38. The van der Waals surface area contributed by atoms with Gasteiger partial charge in [-0.1, -0.05) is 36.4 Å². The van der Waals surface area contributed by atoms with E-state index in [9.17, 15) is 0 Å². The minimum atomic E-state index is 0.302. The number of benzene rings is 1. The molecule has 3 aliphatic rings. The van der Waals surface area contributed by atoms with E-state index >= 15 is 0 Å². The highest BCUT2D eigenvalue weighted by atomic mass is 15.0. The summed E-state index contributed by atoms with van der Waals surface area (Å²) in [6.07, 6.45) is 13.5. The number of fused-ring (bicyclic) bond motifs is 1. The van der Waals surface area contributed by atoms with Gasteiger partial charge in [-0.25, -0.2) is 0 Å². The lowest BCUT2D eigenvalue weighted by Crippen LogP contribution is -2.42. The first-order chi connectivity index (χ1) is 12.8. The van der Waals surface area contributed by atoms with Gasteiger partial charge in [0.05, 0.1) is 12.5 Å². The summed E-state index contributed by atoms with van der Waals surface area (Å²) in [7, 11) is 0. The SMILES string of the molecule is N#CCc1ccc(C2=CC3C=CN=CC3C(NC3CCNCC3)=C2)cc1.